The van der Waals surface area contributed by atoms with Crippen LogP contribution in [0.4, 0.5) is 5.69 Å². The van der Waals surface area contributed by atoms with Gasteiger partial charge in [-0.25, -0.2) is 4.99 Å². The molecule has 0 aromatic heterocycles. The van der Waals surface area contributed by atoms with E-state index in [0.29, 0.717) is 12.0 Å². The molecule has 1 aromatic rings. The van der Waals surface area contributed by atoms with Crippen molar-refractivity contribution in [1.29, 1.82) is 0 Å². The highest BCUT2D eigenvalue weighted by Crippen LogP contribution is 2.43. The van der Waals surface area contributed by atoms with Gasteiger partial charge < -0.3 is 20.3 Å². The van der Waals surface area contributed by atoms with Crippen molar-refractivity contribution in [2.24, 2.45) is 10.9 Å². The van der Waals surface area contributed by atoms with Crippen molar-refractivity contribution in [2.75, 3.05) is 26.0 Å². The number of hydrogen-bond donors (Lipinski definition) is 2. The topological polar surface area (TPSA) is 48.9 Å². The zero-order valence-corrected chi connectivity index (χ0v) is 17.5. The summed E-state index contributed by atoms with van der Waals surface area (Å²) in [6.07, 6.45) is 7.52. The number of aryl methyl sites for hydroxylation is 1. The number of anilines is 1. The fourth-order valence-electron chi connectivity index (χ4n) is 4.64. The summed E-state index contributed by atoms with van der Waals surface area (Å²) >= 11 is 0. The molecule has 0 saturated carbocycles. The first-order valence-corrected chi connectivity index (χ1v) is 10.5. The number of nitrogens with one attached hydrogen (secondary N) is 2. The highest BCUT2D eigenvalue weighted by atomic mass is 16.5. The number of fused-ring (bicyclic) bond motifs is 2. The molecule has 2 heterocycles. The SMILES string of the molecule is CCCOc1ccc(NC2=CN=C3C(C2)C2=C(CCC(NC)C2)N3C)cc1C. The molecule has 0 spiro atoms. The predicted molar refractivity (Wildman–Crippen MR) is 116 cm³/mol. The van der Waals surface area contributed by atoms with Crippen LogP contribution < -0.4 is 15.4 Å². The number of amidine groups is 1. The van der Waals surface area contributed by atoms with Gasteiger partial charge in [-0.05, 0) is 69.0 Å². The number of ether oxygens (including phenoxy) is 1. The third kappa shape index (κ3) is 3.55. The van der Waals surface area contributed by atoms with Crippen LogP contribution >= 0.6 is 0 Å². The summed E-state index contributed by atoms with van der Waals surface area (Å²) in [5.74, 6) is 2.60. The molecule has 0 saturated heterocycles. The number of aliphatic imine (C=N–C) groups is 1. The Labute approximate surface area is 168 Å². The lowest BCUT2D eigenvalue weighted by molar-refractivity contribution is 0.315. The molecule has 5 nitrogen and oxygen atoms in total. The van der Waals surface area contributed by atoms with E-state index in [9.17, 15) is 0 Å². The van der Waals surface area contributed by atoms with E-state index in [1.54, 1.807) is 5.57 Å². The number of rotatable bonds is 6. The molecule has 28 heavy (non-hydrogen) atoms. The molecule has 0 bridgehead atoms. The van der Waals surface area contributed by atoms with Crippen LogP contribution in [0.3, 0.4) is 0 Å². The molecule has 2 aliphatic heterocycles. The molecule has 2 unspecified atom stereocenters. The van der Waals surface area contributed by atoms with Crippen molar-refractivity contribution in [3.05, 3.63) is 46.9 Å². The molecule has 4 rings (SSSR count). The summed E-state index contributed by atoms with van der Waals surface area (Å²) in [5.41, 5.74) is 6.53. The summed E-state index contributed by atoms with van der Waals surface area (Å²) in [4.78, 5) is 7.17. The van der Waals surface area contributed by atoms with Crippen LogP contribution in [-0.4, -0.2) is 37.5 Å². The average Bonchev–Trinajstić information content (AvgIpc) is 2.98. The van der Waals surface area contributed by atoms with Crippen molar-refractivity contribution in [1.82, 2.24) is 10.2 Å². The highest BCUT2D eigenvalue weighted by molar-refractivity contribution is 5.93. The van der Waals surface area contributed by atoms with Gasteiger partial charge in [0.15, 0.2) is 0 Å². The second-order valence-corrected chi connectivity index (χ2v) is 8.11. The monoisotopic (exact) mass is 380 g/mol. The van der Waals surface area contributed by atoms with Gasteiger partial charge in [0, 0.05) is 48.7 Å². The first-order chi connectivity index (χ1) is 13.6. The van der Waals surface area contributed by atoms with Crippen LogP contribution in [0.25, 0.3) is 0 Å². The Kier molecular flexibility index (Phi) is 5.44. The fraction of sp³-hybridized carbons (Fsp3) is 0.522. The molecule has 0 amide bonds. The van der Waals surface area contributed by atoms with Gasteiger partial charge in [0.05, 0.1) is 6.61 Å². The lowest BCUT2D eigenvalue weighted by atomic mass is 9.84. The Hall–Kier alpha value is -2.27. The number of benzene rings is 1. The van der Waals surface area contributed by atoms with E-state index in [1.165, 1.54) is 23.7 Å². The van der Waals surface area contributed by atoms with Crippen molar-refractivity contribution in [3.8, 4) is 5.75 Å². The Bertz CT molecular complexity index is 839. The van der Waals surface area contributed by atoms with Crippen LogP contribution in [-0.2, 0) is 0 Å². The maximum Gasteiger partial charge on any atom is 0.122 e. The van der Waals surface area contributed by atoms with Crippen molar-refractivity contribution >= 4 is 11.5 Å². The third-order valence-electron chi connectivity index (χ3n) is 6.17. The molecule has 0 fully saturated rings. The van der Waals surface area contributed by atoms with E-state index < -0.39 is 0 Å². The third-order valence-corrected chi connectivity index (χ3v) is 6.17. The maximum absolute atomic E-state index is 5.80. The summed E-state index contributed by atoms with van der Waals surface area (Å²) in [6.45, 7) is 4.99. The van der Waals surface area contributed by atoms with E-state index in [0.717, 1.165) is 49.3 Å². The molecule has 1 aromatic carbocycles. The van der Waals surface area contributed by atoms with Gasteiger partial charge in [-0.2, -0.15) is 0 Å². The highest BCUT2D eigenvalue weighted by Gasteiger charge is 2.39. The molecule has 1 aliphatic carbocycles. The minimum atomic E-state index is 0.414. The molecule has 2 atom stereocenters. The molecule has 5 heteroatoms. The van der Waals surface area contributed by atoms with Crippen LogP contribution in [0.2, 0.25) is 0 Å². The number of hydrogen-bond acceptors (Lipinski definition) is 5. The average molecular weight is 381 g/mol. The molecule has 150 valence electrons. The van der Waals surface area contributed by atoms with Crippen molar-refractivity contribution < 1.29 is 4.74 Å². The van der Waals surface area contributed by atoms with Gasteiger partial charge in [-0.3, -0.25) is 0 Å². The summed E-state index contributed by atoms with van der Waals surface area (Å²) in [7, 11) is 4.26. The van der Waals surface area contributed by atoms with Crippen LogP contribution in [0.1, 0.15) is 44.6 Å². The van der Waals surface area contributed by atoms with E-state index >= 15 is 0 Å². The normalized spacial score (nSPS) is 23.8. The van der Waals surface area contributed by atoms with Crippen molar-refractivity contribution in [3.63, 3.8) is 0 Å². The predicted octanol–water partition coefficient (Wildman–Crippen LogP) is 4.43. The van der Waals surface area contributed by atoms with Gasteiger partial charge in [0.25, 0.3) is 0 Å². The lowest BCUT2D eigenvalue weighted by Crippen LogP contribution is -2.29. The number of allylic oxidation sites excluding steroid dienone is 2. The zero-order chi connectivity index (χ0) is 19.7. The summed E-state index contributed by atoms with van der Waals surface area (Å²) in [5, 5.41) is 7.06. The van der Waals surface area contributed by atoms with E-state index in [1.807, 2.05) is 6.20 Å². The first-order valence-electron chi connectivity index (χ1n) is 10.5. The molecule has 3 aliphatic rings. The van der Waals surface area contributed by atoms with Crippen LogP contribution in [0.15, 0.2) is 46.4 Å². The van der Waals surface area contributed by atoms with Gasteiger partial charge in [-0.15, -0.1) is 0 Å². The summed E-state index contributed by atoms with van der Waals surface area (Å²) in [6, 6.07) is 6.91. The second kappa shape index (κ2) is 8.00. The Morgan fingerprint density at radius 3 is 2.89 bits per heavy atom. The minimum Gasteiger partial charge on any atom is -0.493 e. The number of nitrogens with zero attached hydrogens (tertiary/aromatic N) is 2. The van der Waals surface area contributed by atoms with Gasteiger partial charge >= 0.3 is 0 Å². The van der Waals surface area contributed by atoms with E-state index in [-0.39, 0.29) is 0 Å². The standard InChI is InChI=1S/C23H32N4O/c1-5-10-28-22-9-7-17(11-15(22)2)26-18-13-20-19-12-16(24-3)6-8-21(19)27(4)23(20)25-14-18/h7,9,11,14,16,20,24,26H,5-6,8,10,12-13H2,1-4H3. The van der Waals surface area contributed by atoms with Crippen LogP contribution in [0, 0.1) is 12.8 Å². The minimum absolute atomic E-state index is 0.414. The quantitative estimate of drug-likeness (QED) is 0.767. The Morgan fingerprint density at radius 2 is 2.14 bits per heavy atom. The smallest absolute Gasteiger partial charge is 0.122 e. The van der Waals surface area contributed by atoms with Crippen molar-refractivity contribution in [2.45, 2.75) is 52.0 Å². The van der Waals surface area contributed by atoms with Gasteiger partial charge in [0.1, 0.15) is 11.6 Å². The van der Waals surface area contributed by atoms with Gasteiger partial charge in [0.2, 0.25) is 0 Å². The molecule has 2 N–H and O–H groups in total. The van der Waals surface area contributed by atoms with Gasteiger partial charge in [-0.1, -0.05) is 6.92 Å². The first kappa shape index (κ1) is 19.1. The fourth-order valence-corrected chi connectivity index (χ4v) is 4.64. The van der Waals surface area contributed by atoms with E-state index in [2.05, 4.69) is 61.7 Å². The summed E-state index contributed by atoms with van der Waals surface area (Å²) < 4.78 is 5.80. The zero-order valence-electron chi connectivity index (χ0n) is 17.5. The maximum atomic E-state index is 5.80. The lowest BCUT2D eigenvalue weighted by Gasteiger charge is -2.26. The largest absolute Gasteiger partial charge is 0.493 e. The Morgan fingerprint density at radius 1 is 1.29 bits per heavy atom. The molecular weight excluding hydrogens is 348 g/mol. The van der Waals surface area contributed by atoms with E-state index in [4.69, 9.17) is 9.73 Å². The second-order valence-electron chi connectivity index (χ2n) is 8.11. The molecular formula is C23H32N4O. The van der Waals surface area contributed by atoms with Crippen LogP contribution in [0.5, 0.6) is 5.75 Å². The molecule has 0 radical (unpaired) electrons. The Balaban J connectivity index is 1.49.